The number of hydrogen-bond acceptors (Lipinski definition) is 4. The zero-order valence-corrected chi connectivity index (χ0v) is 13.1. The molecule has 1 saturated heterocycles. The van der Waals surface area contributed by atoms with Gasteiger partial charge in [-0.25, -0.2) is 0 Å². The Bertz CT molecular complexity index is 555. The molecule has 1 aromatic rings. The minimum atomic E-state index is -0.876. The van der Waals surface area contributed by atoms with Gasteiger partial charge in [-0.3, -0.25) is 4.79 Å². The smallest absolute Gasteiger partial charge is 0.224 e. The third kappa shape index (κ3) is 2.89. The number of benzene rings is 1. The van der Waals surface area contributed by atoms with Crippen molar-refractivity contribution in [1.82, 2.24) is 10.6 Å². The fourth-order valence-electron chi connectivity index (χ4n) is 3.54. The van der Waals surface area contributed by atoms with Crippen molar-refractivity contribution in [2.75, 3.05) is 25.0 Å². The number of aliphatic hydroxyl groups is 1. The summed E-state index contributed by atoms with van der Waals surface area (Å²) in [6, 6.07) is 5.97. The van der Waals surface area contributed by atoms with Crippen LogP contribution in [0.5, 0.6) is 0 Å². The number of piperazine rings is 1. The van der Waals surface area contributed by atoms with E-state index in [4.69, 9.17) is 0 Å². The van der Waals surface area contributed by atoms with Crippen LogP contribution in [0, 0.1) is 0 Å². The maximum absolute atomic E-state index is 11.5. The summed E-state index contributed by atoms with van der Waals surface area (Å²) in [5, 5.41) is 21.1. The largest absolute Gasteiger partial charge is 0.383 e. The highest BCUT2D eigenvalue weighted by molar-refractivity contribution is 5.93. The molecule has 5 heteroatoms. The SMILES string of the molecule is CCCC(O)(c1ccc2c(c1)CCC(=O)N2)C1CNCCN1. The van der Waals surface area contributed by atoms with Gasteiger partial charge in [0.25, 0.3) is 0 Å². The highest BCUT2D eigenvalue weighted by Crippen LogP contribution is 2.34. The van der Waals surface area contributed by atoms with Gasteiger partial charge in [-0.1, -0.05) is 25.5 Å². The number of hydrogen-bond donors (Lipinski definition) is 4. The summed E-state index contributed by atoms with van der Waals surface area (Å²) in [6.45, 7) is 4.68. The first-order valence-corrected chi connectivity index (χ1v) is 8.23. The van der Waals surface area contributed by atoms with Gasteiger partial charge in [0.05, 0.1) is 6.04 Å². The van der Waals surface area contributed by atoms with E-state index in [2.05, 4.69) is 28.9 Å². The quantitative estimate of drug-likeness (QED) is 0.672. The van der Waals surface area contributed by atoms with E-state index in [9.17, 15) is 9.90 Å². The van der Waals surface area contributed by atoms with Crippen LogP contribution in [0.25, 0.3) is 0 Å². The van der Waals surface area contributed by atoms with Crippen LogP contribution in [0.15, 0.2) is 18.2 Å². The van der Waals surface area contributed by atoms with Crippen LogP contribution >= 0.6 is 0 Å². The molecule has 2 unspecified atom stereocenters. The molecular formula is C17H25N3O2. The highest BCUT2D eigenvalue weighted by Gasteiger charge is 2.38. The predicted octanol–water partition coefficient (Wildman–Crippen LogP) is 1.12. The maximum Gasteiger partial charge on any atom is 0.224 e. The average Bonchev–Trinajstić information content (AvgIpc) is 2.55. The first-order chi connectivity index (χ1) is 10.6. The Morgan fingerprint density at radius 2 is 2.18 bits per heavy atom. The van der Waals surface area contributed by atoms with Crippen molar-refractivity contribution in [3.8, 4) is 0 Å². The van der Waals surface area contributed by atoms with Gasteiger partial charge in [-0.15, -0.1) is 0 Å². The van der Waals surface area contributed by atoms with Gasteiger partial charge in [-0.2, -0.15) is 0 Å². The molecule has 5 nitrogen and oxygen atoms in total. The summed E-state index contributed by atoms with van der Waals surface area (Å²) in [4.78, 5) is 11.5. The number of carbonyl (C=O) groups is 1. The van der Waals surface area contributed by atoms with E-state index in [1.165, 1.54) is 0 Å². The third-order valence-electron chi connectivity index (χ3n) is 4.75. The number of rotatable bonds is 4. The van der Waals surface area contributed by atoms with Crippen LogP contribution in [0.2, 0.25) is 0 Å². The predicted molar refractivity (Wildman–Crippen MR) is 86.9 cm³/mol. The second kappa shape index (κ2) is 6.36. The first kappa shape index (κ1) is 15.5. The topological polar surface area (TPSA) is 73.4 Å². The number of nitrogens with one attached hydrogen (secondary N) is 3. The number of aryl methyl sites for hydroxylation is 1. The van der Waals surface area contributed by atoms with Crippen LogP contribution in [0.4, 0.5) is 5.69 Å². The van der Waals surface area contributed by atoms with Crippen molar-refractivity contribution < 1.29 is 9.90 Å². The summed E-state index contributed by atoms with van der Waals surface area (Å²) in [5.74, 6) is 0.0715. The molecule has 2 aliphatic heterocycles. The summed E-state index contributed by atoms with van der Waals surface area (Å²) in [6.07, 6.45) is 2.90. The normalized spacial score (nSPS) is 24.3. The van der Waals surface area contributed by atoms with Crippen LogP contribution in [0.1, 0.15) is 37.3 Å². The molecule has 120 valence electrons. The van der Waals surface area contributed by atoms with Crippen LogP contribution in [0.3, 0.4) is 0 Å². The molecule has 4 N–H and O–H groups in total. The van der Waals surface area contributed by atoms with Crippen molar-refractivity contribution >= 4 is 11.6 Å². The standard InChI is InChI=1S/C17H25N3O2/c1-2-7-17(22,15-11-18-8-9-19-15)13-4-5-14-12(10-13)3-6-16(21)20-14/h4-5,10,15,18-19,22H,2-3,6-9,11H2,1H3,(H,20,21). The van der Waals surface area contributed by atoms with E-state index in [1.54, 1.807) is 0 Å². The van der Waals surface area contributed by atoms with E-state index < -0.39 is 5.60 Å². The second-order valence-corrected chi connectivity index (χ2v) is 6.31. The molecule has 1 aromatic carbocycles. The van der Waals surface area contributed by atoms with Gasteiger partial charge in [0.15, 0.2) is 0 Å². The molecule has 0 aromatic heterocycles. The lowest BCUT2D eigenvalue weighted by molar-refractivity contribution is -0.116. The molecule has 22 heavy (non-hydrogen) atoms. The van der Waals surface area contributed by atoms with Crippen molar-refractivity contribution in [2.24, 2.45) is 0 Å². The fourth-order valence-corrected chi connectivity index (χ4v) is 3.54. The Balaban J connectivity index is 1.92. The molecule has 2 heterocycles. The van der Waals surface area contributed by atoms with Gasteiger partial charge >= 0.3 is 0 Å². The molecule has 0 radical (unpaired) electrons. The van der Waals surface area contributed by atoms with E-state index in [-0.39, 0.29) is 11.9 Å². The van der Waals surface area contributed by atoms with E-state index in [0.717, 1.165) is 55.7 Å². The minimum absolute atomic E-state index is 0.0115. The molecule has 1 amide bonds. The third-order valence-corrected chi connectivity index (χ3v) is 4.75. The molecule has 2 aliphatic rings. The molecule has 0 saturated carbocycles. The fraction of sp³-hybridized carbons (Fsp3) is 0.588. The van der Waals surface area contributed by atoms with E-state index in [1.807, 2.05) is 12.1 Å². The number of carbonyl (C=O) groups excluding carboxylic acids is 1. The van der Waals surface area contributed by atoms with Crippen molar-refractivity contribution in [1.29, 1.82) is 0 Å². The van der Waals surface area contributed by atoms with Gasteiger partial charge in [0.2, 0.25) is 5.91 Å². The zero-order valence-electron chi connectivity index (χ0n) is 13.1. The summed E-state index contributed by atoms with van der Waals surface area (Å²) >= 11 is 0. The summed E-state index contributed by atoms with van der Waals surface area (Å²) in [7, 11) is 0. The first-order valence-electron chi connectivity index (χ1n) is 8.23. The van der Waals surface area contributed by atoms with Gasteiger partial charge < -0.3 is 21.1 Å². The van der Waals surface area contributed by atoms with Crippen LogP contribution in [-0.4, -0.2) is 36.7 Å². The van der Waals surface area contributed by atoms with Gasteiger partial charge in [-0.05, 0) is 30.0 Å². The lowest BCUT2D eigenvalue weighted by Crippen LogP contribution is -2.58. The Morgan fingerprint density at radius 3 is 2.91 bits per heavy atom. The lowest BCUT2D eigenvalue weighted by Gasteiger charge is -2.40. The van der Waals surface area contributed by atoms with Crippen LogP contribution < -0.4 is 16.0 Å². The minimum Gasteiger partial charge on any atom is -0.383 e. The molecule has 3 rings (SSSR count). The Kier molecular flexibility index (Phi) is 4.47. The molecular weight excluding hydrogens is 278 g/mol. The second-order valence-electron chi connectivity index (χ2n) is 6.31. The van der Waals surface area contributed by atoms with Crippen molar-refractivity contribution in [2.45, 2.75) is 44.2 Å². The molecule has 0 aliphatic carbocycles. The Hall–Kier alpha value is -1.43. The number of anilines is 1. The van der Waals surface area contributed by atoms with Gasteiger partial charge in [0.1, 0.15) is 5.60 Å². The molecule has 0 spiro atoms. The highest BCUT2D eigenvalue weighted by atomic mass is 16.3. The monoisotopic (exact) mass is 303 g/mol. The Labute approximate surface area is 131 Å². The van der Waals surface area contributed by atoms with Gasteiger partial charge in [0, 0.05) is 31.7 Å². The molecule has 0 bridgehead atoms. The number of fused-ring (bicyclic) bond motifs is 1. The average molecular weight is 303 g/mol. The Morgan fingerprint density at radius 1 is 1.32 bits per heavy atom. The number of amides is 1. The van der Waals surface area contributed by atoms with Crippen molar-refractivity contribution in [3.63, 3.8) is 0 Å². The van der Waals surface area contributed by atoms with Crippen molar-refractivity contribution in [3.05, 3.63) is 29.3 Å². The summed E-state index contributed by atoms with van der Waals surface area (Å²) in [5.41, 5.74) is 2.08. The van der Waals surface area contributed by atoms with Crippen LogP contribution in [-0.2, 0) is 16.8 Å². The van der Waals surface area contributed by atoms with E-state index in [0.29, 0.717) is 6.42 Å². The summed E-state index contributed by atoms with van der Waals surface area (Å²) < 4.78 is 0. The lowest BCUT2D eigenvalue weighted by atomic mass is 9.80. The zero-order chi connectivity index (χ0) is 15.6. The molecule has 2 atom stereocenters. The van der Waals surface area contributed by atoms with E-state index >= 15 is 0 Å². The molecule has 1 fully saturated rings. The maximum atomic E-state index is 11.5.